The monoisotopic (exact) mass is 275 g/mol. The third-order valence-electron chi connectivity index (χ3n) is 3.56. The molecule has 2 rings (SSSR count). The first-order valence-corrected chi connectivity index (χ1v) is 5.90. The lowest BCUT2D eigenvalue weighted by molar-refractivity contribution is 0.0413. The first-order chi connectivity index (χ1) is 8.13. The number of ether oxygens (including phenoxy) is 1. The molecule has 0 heterocycles. The van der Waals surface area contributed by atoms with Crippen molar-refractivity contribution in [3.8, 4) is 5.75 Å². The van der Waals surface area contributed by atoms with Crippen molar-refractivity contribution in [1.82, 2.24) is 0 Å². The molecule has 0 radical (unpaired) electrons. The summed E-state index contributed by atoms with van der Waals surface area (Å²) in [6, 6.07) is 4.00. The van der Waals surface area contributed by atoms with Crippen LogP contribution in [0.5, 0.6) is 5.75 Å². The van der Waals surface area contributed by atoms with Crippen LogP contribution in [0, 0.1) is 11.7 Å². The molecule has 0 bridgehead atoms. The Bertz CT molecular complexity index is 399. The lowest BCUT2D eigenvalue weighted by Gasteiger charge is -2.33. The number of nitrogens with two attached hydrogens (primary N) is 1. The minimum atomic E-state index is -0.557. The van der Waals surface area contributed by atoms with E-state index in [1.807, 2.05) is 0 Å². The summed E-state index contributed by atoms with van der Waals surface area (Å²) in [6.07, 6.45) is 2.64. The molecule has 1 aliphatic carbocycles. The van der Waals surface area contributed by atoms with Gasteiger partial charge in [-0.2, -0.15) is 0 Å². The normalized spacial score (nSPS) is 18.4. The number of aliphatic hydroxyl groups is 1. The maximum atomic E-state index is 13.2. The maximum absolute atomic E-state index is 13.2. The van der Waals surface area contributed by atoms with E-state index in [0.717, 1.165) is 19.3 Å². The topological polar surface area (TPSA) is 55.5 Å². The first-order valence-electron chi connectivity index (χ1n) is 5.90. The van der Waals surface area contributed by atoms with Gasteiger partial charge in [0.15, 0.2) is 11.6 Å². The summed E-state index contributed by atoms with van der Waals surface area (Å²) in [5.74, 6) is 0.0291. The number of aliphatic hydroxyl groups excluding tert-OH is 1. The van der Waals surface area contributed by atoms with E-state index in [2.05, 4.69) is 0 Å². The van der Waals surface area contributed by atoms with Crippen LogP contribution in [0.2, 0.25) is 0 Å². The van der Waals surface area contributed by atoms with Crippen molar-refractivity contribution >= 4 is 12.4 Å². The quantitative estimate of drug-likeness (QED) is 0.887. The van der Waals surface area contributed by atoms with Crippen molar-refractivity contribution in [3.05, 3.63) is 29.6 Å². The summed E-state index contributed by atoms with van der Waals surface area (Å²) in [5, 5.41) is 10.1. The number of benzene rings is 1. The molecule has 0 aliphatic heterocycles. The van der Waals surface area contributed by atoms with Crippen LogP contribution >= 0.6 is 12.4 Å². The van der Waals surface area contributed by atoms with E-state index < -0.39 is 18.0 Å². The highest BCUT2D eigenvalue weighted by Gasteiger charge is 2.30. The zero-order valence-electron chi connectivity index (χ0n) is 10.3. The summed E-state index contributed by atoms with van der Waals surface area (Å²) in [4.78, 5) is 0. The van der Waals surface area contributed by atoms with E-state index in [1.54, 1.807) is 12.1 Å². The van der Waals surface area contributed by atoms with Crippen molar-refractivity contribution in [3.63, 3.8) is 0 Å². The highest BCUT2D eigenvalue weighted by atomic mass is 35.5. The predicted molar refractivity (Wildman–Crippen MR) is 70.5 cm³/mol. The summed E-state index contributed by atoms with van der Waals surface area (Å²) >= 11 is 0. The van der Waals surface area contributed by atoms with Crippen LogP contribution in [-0.4, -0.2) is 18.3 Å². The van der Waals surface area contributed by atoms with Crippen LogP contribution in [0.25, 0.3) is 0 Å². The lowest BCUT2D eigenvalue weighted by Crippen LogP contribution is -2.36. The molecule has 3 N–H and O–H groups in total. The van der Waals surface area contributed by atoms with E-state index in [9.17, 15) is 9.50 Å². The molecule has 0 saturated heterocycles. The van der Waals surface area contributed by atoms with Gasteiger partial charge in [-0.1, -0.05) is 12.5 Å². The van der Waals surface area contributed by atoms with Crippen molar-refractivity contribution in [1.29, 1.82) is 0 Å². The fourth-order valence-electron chi connectivity index (χ4n) is 2.16. The minimum absolute atomic E-state index is 0. The fourth-order valence-corrected chi connectivity index (χ4v) is 2.16. The molecule has 0 spiro atoms. The van der Waals surface area contributed by atoms with Gasteiger partial charge < -0.3 is 15.6 Å². The number of hydrogen-bond donors (Lipinski definition) is 2. The highest BCUT2D eigenvalue weighted by Crippen LogP contribution is 2.35. The fraction of sp³-hybridized carbons (Fsp3) is 0.538. The van der Waals surface area contributed by atoms with E-state index in [4.69, 9.17) is 10.5 Å². The second kappa shape index (κ2) is 6.36. The van der Waals surface area contributed by atoms with Crippen LogP contribution in [-0.2, 0) is 0 Å². The van der Waals surface area contributed by atoms with E-state index in [0.29, 0.717) is 5.56 Å². The smallest absolute Gasteiger partial charge is 0.165 e. The van der Waals surface area contributed by atoms with Crippen LogP contribution in [0.1, 0.15) is 30.9 Å². The molecule has 1 aromatic rings. The van der Waals surface area contributed by atoms with Gasteiger partial charge in [0, 0.05) is 0 Å². The summed E-state index contributed by atoms with van der Waals surface area (Å²) in [6.45, 7) is 0. The van der Waals surface area contributed by atoms with Gasteiger partial charge in [0.25, 0.3) is 0 Å². The number of rotatable bonds is 4. The van der Waals surface area contributed by atoms with Gasteiger partial charge in [0.1, 0.15) is 0 Å². The highest BCUT2D eigenvalue weighted by molar-refractivity contribution is 5.85. The zero-order valence-corrected chi connectivity index (χ0v) is 11.1. The van der Waals surface area contributed by atoms with Crippen LogP contribution in [0.3, 0.4) is 0 Å². The minimum Gasteiger partial charge on any atom is -0.494 e. The largest absolute Gasteiger partial charge is 0.494 e. The molecule has 1 fully saturated rings. The van der Waals surface area contributed by atoms with Crippen LogP contribution in [0.15, 0.2) is 18.2 Å². The molecule has 1 saturated carbocycles. The molecule has 3 nitrogen and oxygen atoms in total. The zero-order chi connectivity index (χ0) is 12.4. The van der Waals surface area contributed by atoms with Crippen LogP contribution in [0.4, 0.5) is 4.39 Å². The molecular formula is C13H19ClFNO2. The Morgan fingerprint density at radius 2 is 2.11 bits per heavy atom. The van der Waals surface area contributed by atoms with E-state index >= 15 is 0 Å². The first kappa shape index (κ1) is 15.2. The molecule has 1 aromatic carbocycles. The Morgan fingerprint density at radius 3 is 2.61 bits per heavy atom. The molecule has 0 amide bonds. The second-order valence-electron chi connectivity index (χ2n) is 4.60. The van der Waals surface area contributed by atoms with Crippen molar-refractivity contribution in [2.24, 2.45) is 11.7 Å². The van der Waals surface area contributed by atoms with Gasteiger partial charge in [0.05, 0.1) is 19.3 Å². The average molecular weight is 276 g/mol. The van der Waals surface area contributed by atoms with Crippen LogP contribution < -0.4 is 10.5 Å². The van der Waals surface area contributed by atoms with Crippen molar-refractivity contribution in [2.75, 3.05) is 7.11 Å². The van der Waals surface area contributed by atoms with Crippen molar-refractivity contribution < 1.29 is 14.2 Å². The molecule has 102 valence electrons. The Balaban J connectivity index is 0.00000162. The van der Waals surface area contributed by atoms with E-state index in [1.165, 1.54) is 13.2 Å². The molecule has 0 unspecified atom stereocenters. The molecule has 2 atom stereocenters. The summed E-state index contributed by atoms with van der Waals surface area (Å²) < 4.78 is 18.1. The molecular weight excluding hydrogens is 257 g/mol. The maximum Gasteiger partial charge on any atom is 0.165 e. The van der Waals surface area contributed by atoms with Gasteiger partial charge >= 0.3 is 0 Å². The molecule has 18 heavy (non-hydrogen) atoms. The molecule has 5 heteroatoms. The Kier molecular flexibility index (Phi) is 5.38. The Labute approximate surface area is 113 Å². The van der Waals surface area contributed by atoms with E-state index in [-0.39, 0.29) is 24.1 Å². The third-order valence-corrected chi connectivity index (χ3v) is 3.56. The summed E-state index contributed by atoms with van der Waals surface area (Å²) in [5.41, 5.74) is 6.71. The van der Waals surface area contributed by atoms with Gasteiger partial charge in [0.2, 0.25) is 0 Å². The SMILES string of the molecule is COc1cc([C@@H](N)[C@@H](O)C2CCC2)ccc1F.Cl. The average Bonchev–Trinajstić information content (AvgIpc) is 2.26. The number of methoxy groups -OCH3 is 1. The molecule has 0 aromatic heterocycles. The predicted octanol–water partition coefficient (Wildman–Crippen LogP) is 2.42. The Hall–Kier alpha value is -0.840. The third kappa shape index (κ3) is 2.94. The lowest BCUT2D eigenvalue weighted by atomic mass is 9.77. The number of halogens is 2. The van der Waals surface area contributed by atoms with Gasteiger partial charge in [-0.15, -0.1) is 12.4 Å². The molecule has 1 aliphatic rings. The Morgan fingerprint density at radius 1 is 1.44 bits per heavy atom. The van der Waals surface area contributed by atoms with Gasteiger partial charge in [-0.25, -0.2) is 4.39 Å². The van der Waals surface area contributed by atoms with Gasteiger partial charge in [-0.3, -0.25) is 0 Å². The summed E-state index contributed by atoms with van der Waals surface area (Å²) in [7, 11) is 1.41. The van der Waals surface area contributed by atoms with Gasteiger partial charge in [-0.05, 0) is 36.5 Å². The number of hydrogen-bond acceptors (Lipinski definition) is 3. The standard InChI is InChI=1S/C13H18FNO2.ClH/c1-17-11-7-9(5-6-10(11)14)12(15)13(16)8-3-2-4-8;/h5-8,12-13,16H,2-4,15H2,1H3;1H/t12-,13+;/m1./s1. The van der Waals surface area contributed by atoms with Crippen molar-refractivity contribution in [2.45, 2.75) is 31.4 Å². The second-order valence-corrected chi connectivity index (χ2v) is 4.60.